The van der Waals surface area contributed by atoms with Crippen LogP contribution in [0.5, 0.6) is 0 Å². The van der Waals surface area contributed by atoms with Crippen LogP contribution in [0.2, 0.25) is 0 Å². The predicted molar refractivity (Wildman–Crippen MR) is 128 cm³/mol. The minimum Gasteiger partial charge on any atom is -0.456 e. The lowest BCUT2D eigenvalue weighted by molar-refractivity contribution is 0.0695. The van der Waals surface area contributed by atoms with Crippen molar-refractivity contribution in [3.63, 3.8) is 0 Å². The molecule has 0 atom stereocenters. The monoisotopic (exact) mass is 481 g/mol. The van der Waals surface area contributed by atoms with E-state index in [4.69, 9.17) is 4.42 Å². The summed E-state index contributed by atoms with van der Waals surface area (Å²) in [6, 6.07) is 16.3. The van der Waals surface area contributed by atoms with Crippen LogP contribution in [0.25, 0.3) is 0 Å². The number of hydrogen-bond acceptors (Lipinski definition) is 5. The van der Waals surface area contributed by atoms with E-state index in [1.807, 2.05) is 19.1 Å². The van der Waals surface area contributed by atoms with Crippen molar-refractivity contribution in [2.24, 2.45) is 0 Å². The van der Waals surface area contributed by atoms with Crippen molar-refractivity contribution in [2.75, 3.05) is 17.8 Å². The summed E-state index contributed by atoms with van der Waals surface area (Å²) in [5.74, 6) is 0.536. The first kappa shape index (κ1) is 23.6. The number of anilines is 1. The van der Waals surface area contributed by atoms with E-state index in [2.05, 4.69) is 10.0 Å². The number of carbonyl (C=O) groups excluding carboxylic acids is 2. The van der Waals surface area contributed by atoms with Crippen molar-refractivity contribution in [3.05, 3.63) is 83.3 Å². The Labute approximate surface area is 199 Å². The fraction of sp³-hybridized carbons (Fsp3) is 0.280. The minimum absolute atomic E-state index is 0.0395. The predicted octanol–water partition coefficient (Wildman–Crippen LogP) is 3.73. The van der Waals surface area contributed by atoms with Crippen LogP contribution in [-0.2, 0) is 10.0 Å². The fourth-order valence-corrected chi connectivity index (χ4v) is 4.89. The normalized spacial score (nSPS) is 14.6. The van der Waals surface area contributed by atoms with Crippen molar-refractivity contribution >= 4 is 27.5 Å². The van der Waals surface area contributed by atoms with E-state index in [0.717, 1.165) is 5.56 Å². The van der Waals surface area contributed by atoms with E-state index in [-0.39, 0.29) is 28.5 Å². The van der Waals surface area contributed by atoms with Gasteiger partial charge < -0.3 is 14.6 Å². The van der Waals surface area contributed by atoms with Gasteiger partial charge in [0.2, 0.25) is 0 Å². The summed E-state index contributed by atoms with van der Waals surface area (Å²) in [4.78, 5) is 27.0. The first-order valence-corrected chi connectivity index (χ1v) is 12.6. The van der Waals surface area contributed by atoms with Crippen molar-refractivity contribution < 1.29 is 22.4 Å². The quantitative estimate of drug-likeness (QED) is 0.558. The molecule has 1 aliphatic rings. The highest BCUT2D eigenvalue weighted by molar-refractivity contribution is 7.92. The molecule has 178 valence electrons. The molecule has 0 unspecified atom stereocenters. The van der Waals surface area contributed by atoms with Crippen LogP contribution in [0.3, 0.4) is 0 Å². The molecule has 9 heteroatoms. The molecule has 2 heterocycles. The molecule has 1 aromatic heterocycles. The molecule has 0 spiro atoms. The number of piperidine rings is 1. The van der Waals surface area contributed by atoms with Gasteiger partial charge in [0.1, 0.15) is 5.76 Å². The van der Waals surface area contributed by atoms with E-state index in [0.29, 0.717) is 42.9 Å². The van der Waals surface area contributed by atoms with Crippen LogP contribution in [-0.4, -0.2) is 44.3 Å². The van der Waals surface area contributed by atoms with Gasteiger partial charge in [0.05, 0.1) is 4.90 Å². The Hall–Kier alpha value is -3.59. The maximum absolute atomic E-state index is 12.9. The van der Waals surface area contributed by atoms with E-state index in [1.54, 1.807) is 36.1 Å². The van der Waals surface area contributed by atoms with Crippen molar-refractivity contribution in [1.29, 1.82) is 0 Å². The third kappa shape index (κ3) is 5.48. The zero-order chi connectivity index (χ0) is 24.3. The molecule has 0 aliphatic carbocycles. The molecule has 2 amide bonds. The van der Waals surface area contributed by atoms with Crippen molar-refractivity contribution in [2.45, 2.75) is 37.6 Å². The standard InChI is InChI=1S/C25H27N3O5S/c1-17-3-8-21(9-4-17)27-34(31,32)22-10-6-19(7-11-22)25(30)28-15-13-20(14-16-28)26-24(29)23-12-5-18(2)33-23/h3-12,20,27H,13-16H2,1-2H3,(H,26,29). The minimum atomic E-state index is -3.76. The topological polar surface area (TPSA) is 109 Å². The average molecular weight is 482 g/mol. The zero-order valence-corrected chi connectivity index (χ0v) is 19.9. The smallest absolute Gasteiger partial charge is 0.287 e. The summed E-state index contributed by atoms with van der Waals surface area (Å²) < 4.78 is 33.2. The highest BCUT2D eigenvalue weighted by Gasteiger charge is 2.26. The number of hydrogen-bond donors (Lipinski definition) is 2. The van der Waals surface area contributed by atoms with Gasteiger partial charge in [-0.1, -0.05) is 17.7 Å². The molecule has 8 nitrogen and oxygen atoms in total. The van der Waals surface area contributed by atoms with Gasteiger partial charge in [0, 0.05) is 30.4 Å². The lowest BCUT2D eigenvalue weighted by Gasteiger charge is -2.32. The number of sulfonamides is 1. The largest absolute Gasteiger partial charge is 0.456 e. The molecule has 0 bridgehead atoms. The molecular weight excluding hydrogens is 454 g/mol. The Morgan fingerprint density at radius 3 is 2.15 bits per heavy atom. The number of nitrogens with one attached hydrogen (secondary N) is 2. The molecule has 1 saturated heterocycles. The Bertz CT molecular complexity index is 1270. The fourth-order valence-electron chi connectivity index (χ4n) is 3.83. The second-order valence-corrected chi connectivity index (χ2v) is 10.1. The number of benzene rings is 2. The molecule has 2 N–H and O–H groups in total. The van der Waals surface area contributed by atoms with Gasteiger partial charge in [-0.3, -0.25) is 14.3 Å². The van der Waals surface area contributed by atoms with Crippen LogP contribution in [0.1, 0.15) is 45.1 Å². The lowest BCUT2D eigenvalue weighted by atomic mass is 10.0. The van der Waals surface area contributed by atoms with E-state index < -0.39 is 10.0 Å². The zero-order valence-electron chi connectivity index (χ0n) is 19.1. The first-order valence-electron chi connectivity index (χ1n) is 11.1. The number of nitrogens with zero attached hydrogens (tertiary/aromatic N) is 1. The summed E-state index contributed by atoms with van der Waals surface area (Å²) in [5, 5.41) is 2.95. The van der Waals surface area contributed by atoms with Crippen LogP contribution in [0.4, 0.5) is 5.69 Å². The molecule has 2 aromatic carbocycles. The number of likely N-dealkylation sites (tertiary alicyclic amines) is 1. The number of amides is 2. The lowest BCUT2D eigenvalue weighted by Crippen LogP contribution is -2.46. The number of carbonyl (C=O) groups is 2. The molecule has 0 saturated carbocycles. The third-order valence-electron chi connectivity index (χ3n) is 5.80. The van der Waals surface area contributed by atoms with Crippen LogP contribution >= 0.6 is 0 Å². The number of furan rings is 1. The molecule has 34 heavy (non-hydrogen) atoms. The van der Waals surface area contributed by atoms with Crippen LogP contribution < -0.4 is 10.0 Å². The van der Waals surface area contributed by atoms with E-state index in [1.165, 1.54) is 24.3 Å². The Morgan fingerprint density at radius 2 is 1.56 bits per heavy atom. The highest BCUT2D eigenvalue weighted by atomic mass is 32.2. The van der Waals surface area contributed by atoms with Gasteiger partial charge in [-0.05, 0) is 75.2 Å². The summed E-state index contributed by atoms with van der Waals surface area (Å²) in [6.07, 6.45) is 1.26. The first-order chi connectivity index (χ1) is 16.2. The Kier molecular flexibility index (Phi) is 6.74. The van der Waals surface area contributed by atoms with Gasteiger partial charge in [-0.15, -0.1) is 0 Å². The maximum atomic E-state index is 12.9. The number of aryl methyl sites for hydroxylation is 2. The Balaban J connectivity index is 1.33. The molecular formula is C25H27N3O5S. The summed E-state index contributed by atoms with van der Waals surface area (Å²) in [7, 11) is -3.76. The molecule has 0 radical (unpaired) electrons. The molecule has 3 aromatic rings. The van der Waals surface area contributed by atoms with Gasteiger partial charge in [0.15, 0.2) is 5.76 Å². The molecule has 1 aliphatic heterocycles. The Morgan fingerprint density at radius 1 is 0.912 bits per heavy atom. The van der Waals surface area contributed by atoms with Gasteiger partial charge in [-0.2, -0.15) is 0 Å². The van der Waals surface area contributed by atoms with Gasteiger partial charge in [0.25, 0.3) is 21.8 Å². The summed E-state index contributed by atoms with van der Waals surface area (Å²) >= 11 is 0. The van der Waals surface area contributed by atoms with Crippen molar-refractivity contribution in [3.8, 4) is 0 Å². The maximum Gasteiger partial charge on any atom is 0.287 e. The van der Waals surface area contributed by atoms with Gasteiger partial charge >= 0.3 is 0 Å². The number of rotatable bonds is 6. The summed E-state index contributed by atoms with van der Waals surface area (Å²) in [5.41, 5.74) is 1.93. The van der Waals surface area contributed by atoms with Crippen LogP contribution in [0.15, 0.2) is 70.0 Å². The second-order valence-electron chi connectivity index (χ2n) is 8.45. The SMILES string of the molecule is Cc1ccc(NS(=O)(=O)c2ccc(C(=O)N3CCC(NC(=O)c4ccc(C)o4)CC3)cc2)cc1. The van der Waals surface area contributed by atoms with Crippen LogP contribution in [0, 0.1) is 13.8 Å². The second kappa shape index (κ2) is 9.72. The van der Waals surface area contributed by atoms with Gasteiger partial charge in [-0.25, -0.2) is 8.42 Å². The molecule has 4 rings (SSSR count). The van der Waals surface area contributed by atoms with Crippen molar-refractivity contribution in [1.82, 2.24) is 10.2 Å². The summed E-state index contributed by atoms with van der Waals surface area (Å²) in [6.45, 7) is 4.70. The average Bonchev–Trinajstić information content (AvgIpc) is 3.27. The van der Waals surface area contributed by atoms with E-state index in [9.17, 15) is 18.0 Å². The highest BCUT2D eigenvalue weighted by Crippen LogP contribution is 2.19. The third-order valence-corrected chi connectivity index (χ3v) is 7.19. The molecule has 1 fully saturated rings. The van der Waals surface area contributed by atoms with E-state index >= 15 is 0 Å².